The number of hydrogen-bond acceptors (Lipinski definition) is 6. The molecular weight excluding hydrogens is 350 g/mol. The molecule has 0 saturated carbocycles. The lowest BCUT2D eigenvalue weighted by atomic mass is 10.1. The molecule has 2 aromatic rings. The molecule has 140 valence electrons. The molecule has 0 unspecified atom stereocenters. The van der Waals surface area contributed by atoms with Crippen molar-refractivity contribution in [2.45, 2.75) is 40.2 Å². The summed E-state index contributed by atoms with van der Waals surface area (Å²) in [5.41, 5.74) is 0.839. The molecule has 1 aromatic heterocycles. The first-order chi connectivity index (χ1) is 12.4. The van der Waals surface area contributed by atoms with Gasteiger partial charge in [0.05, 0.1) is 13.2 Å². The van der Waals surface area contributed by atoms with Gasteiger partial charge in [0.1, 0.15) is 5.01 Å². The van der Waals surface area contributed by atoms with E-state index in [1.807, 2.05) is 32.0 Å². The third kappa shape index (κ3) is 6.15. The van der Waals surface area contributed by atoms with E-state index in [2.05, 4.69) is 29.4 Å². The third-order valence-corrected chi connectivity index (χ3v) is 4.12. The van der Waals surface area contributed by atoms with Crippen LogP contribution in [-0.2, 0) is 11.2 Å². The summed E-state index contributed by atoms with van der Waals surface area (Å²) < 4.78 is 11.0. The van der Waals surface area contributed by atoms with Crippen molar-refractivity contribution >= 4 is 28.5 Å². The number of ether oxygens (including phenoxy) is 2. The van der Waals surface area contributed by atoms with Crippen LogP contribution in [0.3, 0.4) is 0 Å². The second-order valence-electron chi connectivity index (χ2n) is 6.50. The molecular formula is C19H25N3O3S. The molecule has 26 heavy (non-hydrogen) atoms. The second-order valence-corrected chi connectivity index (χ2v) is 7.56. The Morgan fingerprint density at radius 2 is 2.00 bits per heavy atom. The van der Waals surface area contributed by atoms with Gasteiger partial charge < -0.3 is 9.47 Å². The summed E-state index contributed by atoms with van der Waals surface area (Å²) in [6.07, 6.45) is 4.09. The molecule has 0 atom stereocenters. The molecule has 0 aliphatic heterocycles. The number of carbonyl (C=O) groups excluding carboxylic acids is 1. The van der Waals surface area contributed by atoms with E-state index in [0.717, 1.165) is 17.0 Å². The fourth-order valence-corrected chi connectivity index (χ4v) is 3.15. The Morgan fingerprint density at radius 1 is 1.23 bits per heavy atom. The van der Waals surface area contributed by atoms with Crippen molar-refractivity contribution in [2.24, 2.45) is 5.92 Å². The Balaban J connectivity index is 2.00. The minimum atomic E-state index is -0.251. The standard InChI is InChI=1S/C19H25N3O3S/c1-12(2)10-18-21-22-19(26-18)20-17(23)9-7-14-6-8-15(25-13(3)4)16(11-14)24-5/h6-9,11-13H,10H2,1-5H3,(H,20,22,23). The van der Waals surface area contributed by atoms with Crippen LogP contribution in [0.25, 0.3) is 6.08 Å². The topological polar surface area (TPSA) is 73.3 Å². The second kappa shape index (κ2) is 9.33. The Morgan fingerprint density at radius 3 is 2.65 bits per heavy atom. The van der Waals surface area contributed by atoms with Crippen LogP contribution in [0.2, 0.25) is 0 Å². The summed E-state index contributed by atoms with van der Waals surface area (Å²) in [4.78, 5) is 12.1. The van der Waals surface area contributed by atoms with Crippen molar-refractivity contribution in [1.29, 1.82) is 0 Å². The van der Waals surface area contributed by atoms with Gasteiger partial charge in [-0.1, -0.05) is 31.3 Å². The van der Waals surface area contributed by atoms with Crippen LogP contribution in [0.4, 0.5) is 5.13 Å². The molecule has 7 heteroatoms. The van der Waals surface area contributed by atoms with E-state index >= 15 is 0 Å². The van der Waals surface area contributed by atoms with Crippen LogP contribution in [0.15, 0.2) is 24.3 Å². The smallest absolute Gasteiger partial charge is 0.250 e. The first-order valence-corrected chi connectivity index (χ1v) is 9.35. The first kappa shape index (κ1) is 19.9. The average Bonchev–Trinajstić information content (AvgIpc) is 2.99. The number of rotatable bonds is 8. The lowest BCUT2D eigenvalue weighted by Gasteiger charge is -2.13. The number of carbonyl (C=O) groups is 1. The van der Waals surface area contributed by atoms with E-state index in [1.165, 1.54) is 17.4 Å². The quantitative estimate of drug-likeness (QED) is 0.701. The molecule has 2 rings (SSSR count). The zero-order valence-corrected chi connectivity index (χ0v) is 16.6. The van der Waals surface area contributed by atoms with Crippen molar-refractivity contribution in [1.82, 2.24) is 10.2 Å². The van der Waals surface area contributed by atoms with Crippen molar-refractivity contribution in [3.63, 3.8) is 0 Å². The fourth-order valence-electron chi connectivity index (χ4n) is 2.19. The fraction of sp³-hybridized carbons (Fsp3) is 0.421. The summed E-state index contributed by atoms with van der Waals surface area (Å²) >= 11 is 1.40. The summed E-state index contributed by atoms with van der Waals surface area (Å²) in [7, 11) is 1.59. The minimum absolute atomic E-state index is 0.0589. The third-order valence-electron chi connectivity index (χ3n) is 3.26. The predicted octanol–water partition coefficient (Wildman–Crippen LogP) is 4.18. The number of anilines is 1. The average molecular weight is 375 g/mol. The SMILES string of the molecule is COc1cc(C=CC(=O)Nc2nnc(CC(C)C)s2)ccc1OC(C)C. The Kier molecular flexibility index (Phi) is 7.15. The van der Waals surface area contributed by atoms with Gasteiger partial charge in [0.15, 0.2) is 11.5 Å². The zero-order chi connectivity index (χ0) is 19.1. The Bertz CT molecular complexity index is 769. The van der Waals surface area contributed by atoms with Gasteiger partial charge in [0.25, 0.3) is 0 Å². The first-order valence-electron chi connectivity index (χ1n) is 8.53. The van der Waals surface area contributed by atoms with Crippen molar-refractivity contribution in [3.05, 3.63) is 34.8 Å². The van der Waals surface area contributed by atoms with E-state index < -0.39 is 0 Å². The van der Waals surface area contributed by atoms with Crippen LogP contribution in [0, 0.1) is 5.92 Å². The highest BCUT2D eigenvalue weighted by Gasteiger charge is 2.09. The molecule has 0 aliphatic carbocycles. The van der Waals surface area contributed by atoms with Gasteiger partial charge in [-0.15, -0.1) is 10.2 Å². The monoisotopic (exact) mass is 375 g/mol. The van der Waals surface area contributed by atoms with Gasteiger partial charge in [-0.2, -0.15) is 0 Å². The molecule has 6 nitrogen and oxygen atoms in total. The lowest BCUT2D eigenvalue weighted by molar-refractivity contribution is -0.111. The van der Waals surface area contributed by atoms with E-state index in [-0.39, 0.29) is 12.0 Å². The summed E-state index contributed by atoms with van der Waals surface area (Å²) in [6.45, 7) is 8.15. The maximum absolute atomic E-state index is 12.1. The zero-order valence-electron chi connectivity index (χ0n) is 15.8. The van der Waals surface area contributed by atoms with Gasteiger partial charge in [0.2, 0.25) is 11.0 Å². The number of nitrogens with one attached hydrogen (secondary N) is 1. The molecule has 1 heterocycles. The molecule has 1 aromatic carbocycles. The Hall–Kier alpha value is -2.41. The van der Waals surface area contributed by atoms with Gasteiger partial charge in [0, 0.05) is 12.5 Å². The molecule has 0 aliphatic rings. The maximum atomic E-state index is 12.1. The largest absolute Gasteiger partial charge is 0.493 e. The van der Waals surface area contributed by atoms with Crippen LogP contribution in [0.1, 0.15) is 38.3 Å². The van der Waals surface area contributed by atoms with Gasteiger partial charge >= 0.3 is 0 Å². The highest BCUT2D eigenvalue weighted by Crippen LogP contribution is 2.29. The summed E-state index contributed by atoms with van der Waals surface area (Å²) in [5, 5.41) is 12.2. The molecule has 0 bridgehead atoms. The van der Waals surface area contributed by atoms with E-state index in [0.29, 0.717) is 22.5 Å². The lowest BCUT2D eigenvalue weighted by Crippen LogP contribution is -2.07. The van der Waals surface area contributed by atoms with Crippen LogP contribution in [0.5, 0.6) is 11.5 Å². The highest BCUT2D eigenvalue weighted by atomic mass is 32.1. The predicted molar refractivity (Wildman–Crippen MR) is 105 cm³/mol. The number of amides is 1. The number of nitrogens with zero attached hydrogens (tertiary/aromatic N) is 2. The minimum Gasteiger partial charge on any atom is -0.493 e. The van der Waals surface area contributed by atoms with Crippen molar-refractivity contribution < 1.29 is 14.3 Å². The van der Waals surface area contributed by atoms with Gasteiger partial charge in [-0.25, -0.2) is 0 Å². The highest BCUT2D eigenvalue weighted by molar-refractivity contribution is 7.15. The van der Waals surface area contributed by atoms with Crippen LogP contribution in [-0.4, -0.2) is 29.3 Å². The number of hydrogen-bond donors (Lipinski definition) is 1. The molecule has 1 amide bonds. The van der Waals surface area contributed by atoms with Crippen molar-refractivity contribution in [2.75, 3.05) is 12.4 Å². The molecule has 0 fully saturated rings. The van der Waals surface area contributed by atoms with Gasteiger partial charge in [-0.05, 0) is 43.5 Å². The number of aromatic nitrogens is 2. The molecule has 0 radical (unpaired) electrons. The van der Waals surface area contributed by atoms with E-state index in [4.69, 9.17) is 9.47 Å². The van der Waals surface area contributed by atoms with E-state index in [9.17, 15) is 4.79 Å². The number of methoxy groups -OCH3 is 1. The van der Waals surface area contributed by atoms with Gasteiger partial charge in [-0.3, -0.25) is 10.1 Å². The molecule has 0 spiro atoms. The normalized spacial score (nSPS) is 11.3. The van der Waals surface area contributed by atoms with Crippen LogP contribution >= 0.6 is 11.3 Å². The van der Waals surface area contributed by atoms with E-state index in [1.54, 1.807) is 13.2 Å². The molecule has 0 saturated heterocycles. The summed E-state index contributed by atoms with van der Waals surface area (Å²) in [5.74, 6) is 1.56. The number of benzene rings is 1. The molecule has 1 N–H and O–H groups in total. The maximum Gasteiger partial charge on any atom is 0.250 e. The summed E-state index contributed by atoms with van der Waals surface area (Å²) in [6, 6.07) is 5.53. The van der Waals surface area contributed by atoms with Crippen LogP contribution < -0.4 is 14.8 Å². The van der Waals surface area contributed by atoms with Crippen molar-refractivity contribution in [3.8, 4) is 11.5 Å². The Labute approximate surface area is 158 Å².